The summed E-state index contributed by atoms with van der Waals surface area (Å²) >= 11 is 0. The first-order valence-electron chi connectivity index (χ1n) is 3.94. The van der Waals surface area contributed by atoms with E-state index < -0.39 is 0 Å². The molecule has 3 nitrogen and oxygen atoms in total. The van der Waals surface area contributed by atoms with Crippen LogP contribution in [0.1, 0.15) is 18.5 Å². The van der Waals surface area contributed by atoms with Gasteiger partial charge in [0.05, 0.1) is 17.6 Å². The zero-order valence-electron chi connectivity index (χ0n) is 6.96. The highest BCUT2D eigenvalue weighted by Crippen LogP contribution is 2.43. The topological polar surface area (TPSA) is 29.9 Å². The van der Waals surface area contributed by atoms with Crippen LogP contribution in [-0.2, 0) is 12.6 Å². The van der Waals surface area contributed by atoms with Gasteiger partial charge in [-0.05, 0) is 19.9 Å². The van der Waals surface area contributed by atoms with Crippen LogP contribution in [0.15, 0.2) is 12.5 Å². The number of nitrogens with one attached hydrogen (secondary N) is 1. The predicted octanol–water partition coefficient (Wildman–Crippen LogP) is 0.629. The lowest BCUT2D eigenvalue weighted by Crippen LogP contribution is -2.24. The van der Waals surface area contributed by atoms with Crippen molar-refractivity contribution in [2.45, 2.75) is 18.4 Å². The van der Waals surface area contributed by atoms with Gasteiger partial charge in [-0.1, -0.05) is 0 Å². The number of nitrogens with zero attached hydrogens (tertiary/aromatic N) is 2. The molecule has 0 atom stereocenters. The molecule has 2 rings (SSSR count). The maximum absolute atomic E-state index is 4.32. The summed E-state index contributed by atoms with van der Waals surface area (Å²) in [7, 11) is 4.00. The van der Waals surface area contributed by atoms with Crippen LogP contribution in [0.2, 0.25) is 0 Å². The minimum Gasteiger partial charge on any atom is -0.340 e. The number of imidazole rings is 1. The Bertz CT molecular complexity index is 260. The minimum atomic E-state index is 0.223. The van der Waals surface area contributed by atoms with E-state index in [1.807, 2.05) is 25.0 Å². The number of hydrogen-bond donors (Lipinski definition) is 1. The summed E-state index contributed by atoms with van der Waals surface area (Å²) in [4.78, 5) is 4.32. The van der Waals surface area contributed by atoms with Gasteiger partial charge in [0.25, 0.3) is 0 Å². The van der Waals surface area contributed by atoms with E-state index in [9.17, 15) is 0 Å². The van der Waals surface area contributed by atoms with Crippen molar-refractivity contribution in [1.29, 1.82) is 0 Å². The third kappa shape index (κ3) is 0.959. The molecule has 3 heteroatoms. The molecule has 1 aliphatic carbocycles. The monoisotopic (exact) mass is 151 g/mol. The van der Waals surface area contributed by atoms with E-state index in [2.05, 4.69) is 16.5 Å². The molecule has 1 aromatic rings. The van der Waals surface area contributed by atoms with Crippen molar-refractivity contribution in [1.82, 2.24) is 14.9 Å². The molecule has 11 heavy (non-hydrogen) atoms. The third-order valence-corrected chi connectivity index (χ3v) is 2.42. The van der Waals surface area contributed by atoms with Gasteiger partial charge in [0.2, 0.25) is 0 Å². The summed E-state index contributed by atoms with van der Waals surface area (Å²) in [5.41, 5.74) is 1.41. The molecule has 0 amide bonds. The first-order valence-corrected chi connectivity index (χ1v) is 3.94. The second kappa shape index (κ2) is 2.08. The minimum absolute atomic E-state index is 0.223. The molecule has 1 heterocycles. The van der Waals surface area contributed by atoms with Gasteiger partial charge >= 0.3 is 0 Å². The molecule has 0 bridgehead atoms. The van der Waals surface area contributed by atoms with Crippen LogP contribution in [-0.4, -0.2) is 16.6 Å². The SMILES string of the molecule is CNC1(c2cn(C)cn2)CC1. The van der Waals surface area contributed by atoms with Crippen LogP contribution in [0, 0.1) is 0 Å². The van der Waals surface area contributed by atoms with E-state index in [0.717, 1.165) is 0 Å². The molecule has 1 aromatic heterocycles. The summed E-state index contributed by atoms with van der Waals surface area (Å²) in [5, 5.41) is 3.31. The molecular weight excluding hydrogens is 138 g/mol. The van der Waals surface area contributed by atoms with Crippen LogP contribution in [0.4, 0.5) is 0 Å². The van der Waals surface area contributed by atoms with Crippen LogP contribution < -0.4 is 5.32 Å². The molecule has 0 unspecified atom stereocenters. The van der Waals surface area contributed by atoms with Gasteiger partial charge in [-0.2, -0.15) is 0 Å². The zero-order chi connectivity index (χ0) is 7.90. The van der Waals surface area contributed by atoms with Crippen LogP contribution >= 0.6 is 0 Å². The Morgan fingerprint density at radius 3 is 2.73 bits per heavy atom. The van der Waals surface area contributed by atoms with Crippen molar-refractivity contribution >= 4 is 0 Å². The lowest BCUT2D eigenvalue weighted by Gasteiger charge is -2.09. The normalized spacial score (nSPS) is 20.2. The lowest BCUT2D eigenvalue weighted by atomic mass is 10.2. The second-order valence-electron chi connectivity index (χ2n) is 3.26. The van der Waals surface area contributed by atoms with Gasteiger partial charge in [-0.25, -0.2) is 4.98 Å². The standard InChI is InChI=1S/C8H13N3/c1-9-8(3-4-8)7-5-11(2)6-10-7/h5-6,9H,3-4H2,1-2H3. The summed E-state index contributed by atoms with van der Waals surface area (Å²) in [6, 6.07) is 0. The van der Waals surface area contributed by atoms with Crippen LogP contribution in [0.5, 0.6) is 0 Å². The van der Waals surface area contributed by atoms with Crippen molar-refractivity contribution in [3.63, 3.8) is 0 Å². The smallest absolute Gasteiger partial charge is 0.0947 e. The van der Waals surface area contributed by atoms with E-state index in [0.29, 0.717) is 0 Å². The van der Waals surface area contributed by atoms with Gasteiger partial charge in [-0.15, -0.1) is 0 Å². The zero-order valence-corrected chi connectivity index (χ0v) is 6.96. The highest BCUT2D eigenvalue weighted by molar-refractivity contribution is 5.20. The second-order valence-corrected chi connectivity index (χ2v) is 3.26. The van der Waals surface area contributed by atoms with E-state index >= 15 is 0 Å². The number of rotatable bonds is 2. The molecule has 1 N–H and O–H groups in total. The summed E-state index contributed by atoms with van der Waals surface area (Å²) in [6.07, 6.45) is 6.39. The van der Waals surface area contributed by atoms with Gasteiger partial charge in [0.1, 0.15) is 0 Å². The fourth-order valence-corrected chi connectivity index (χ4v) is 1.42. The van der Waals surface area contributed by atoms with Gasteiger partial charge in [-0.3, -0.25) is 0 Å². The Labute approximate surface area is 66.4 Å². The number of aryl methyl sites for hydroxylation is 1. The van der Waals surface area contributed by atoms with Crippen LogP contribution in [0.3, 0.4) is 0 Å². The maximum Gasteiger partial charge on any atom is 0.0947 e. The fraction of sp³-hybridized carbons (Fsp3) is 0.625. The Morgan fingerprint density at radius 1 is 1.64 bits per heavy atom. The first-order chi connectivity index (χ1) is 5.27. The molecule has 0 spiro atoms. The van der Waals surface area contributed by atoms with E-state index in [1.165, 1.54) is 18.5 Å². The molecule has 1 fully saturated rings. The van der Waals surface area contributed by atoms with Crippen molar-refractivity contribution in [3.05, 3.63) is 18.2 Å². The quantitative estimate of drug-likeness (QED) is 0.671. The maximum atomic E-state index is 4.32. The van der Waals surface area contributed by atoms with Crippen LogP contribution in [0.25, 0.3) is 0 Å². The highest BCUT2D eigenvalue weighted by Gasteiger charge is 2.44. The largest absolute Gasteiger partial charge is 0.340 e. The van der Waals surface area contributed by atoms with Gasteiger partial charge < -0.3 is 9.88 Å². The average molecular weight is 151 g/mol. The molecule has 0 radical (unpaired) electrons. The molecule has 0 aromatic carbocycles. The van der Waals surface area contributed by atoms with Gasteiger partial charge in [0.15, 0.2) is 0 Å². The Hall–Kier alpha value is -0.830. The summed E-state index contributed by atoms with van der Waals surface area (Å²) < 4.78 is 1.99. The Balaban J connectivity index is 2.29. The van der Waals surface area contributed by atoms with E-state index in [1.54, 1.807) is 0 Å². The first kappa shape index (κ1) is 6.85. The third-order valence-electron chi connectivity index (χ3n) is 2.42. The number of hydrogen-bond acceptors (Lipinski definition) is 2. The Kier molecular flexibility index (Phi) is 1.29. The molecule has 1 saturated carbocycles. The van der Waals surface area contributed by atoms with E-state index in [-0.39, 0.29) is 5.54 Å². The average Bonchev–Trinajstić information content (AvgIpc) is 2.70. The highest BCUT2D eigenvalue weighted by atomic mass is 15.1. The van der Waals surface area contributed by atoms with Crippen molar-refractivity contribution < 1.29 is 0 Å². The Morgan fingerprint density at radius 2 is 2.36 bits per heavy atom. The molecule has 0 saturated heterocycles. The predicted molar refractivity (Wildman–Crippen MR) is 43.2 cm³/mol. The number of aromatic nitrogens is 2. The molecule has 0 aliphatic heterocycles. The van der Waals surface area contributed by atoms with Crippen molar-refractivity contribution in [3.8, 4) is 0 Å². The summed E-state index contributed by atoms with van der Waals surface area (Å²) in [5.74, 6) is 0. The van der Waals surface area contributed by atoms with Gasteiger partial charge in [0, 0.05) is 13.2 Å². The summed E-state index contributed by atoms with van der Waals surface area (Å²) in [6.45, 7) is 0. The fourth-order valence-electron chi connectivity index (χ4n) is 1.42. The molecule has 60 valence electrons. The van der Waals surface area contributed by atoms with Crippen molar-refractivity contribution in [2.75, 3.05) is 7.05 Å². The van der Waals surface area contributed by atoms with E-state index in [4.69, 9.17) is 0 Å². The van der Waals surface area contributed by atoms with Crippen molar-refractivity contribution in [2.24, 2.45) is 7.05 Å². The lowest BCUT2D eigenvalue weighted by molar-refractivity contribution is 0.570. The molecular formula is C8H13N3. The molecule has 1 aliphatic rings.